The van der Waals surface area contributed by atoms with Crippen LogP contribution in [0.3, 0.4) is 0 Å². The first kappa shape index (κ1) is 16.7. The van der Waals surface area contributed by atoms with Gasteiger partial charge in [-0.1, -0.05) is 0 Å². The van der Waals surface area contributed by atoms with Crippen molar-refractivity contribution in [1.82, 2.24) is 20.6 Å². The van der Waals surface area contributed by atoms with Gasteiger partial charge in [-0.15, -0.1) is 11.8 Å². The van der Waals surface area contributed by atoms with Crippen LogP contribution >= 0.6 is 11.8 Å². The summed E-state index contributed by atoms with van der Waals surface area (Å²) in [6, 6.07) is 0. The summed E-state index contributed by atoms with van der Waals surface area (Å²) in [6.07, 6.45) is 1.66. The molecule has 1 heterocycles. The van der Waals surface area contributed by atoms with E-state index in [9.17, 15) is 19.2 Å². The molecule has 21 heavy (non-hydrogen) atoms. The van der Waals surface area contributed by atoms with E-state index in [0.29, 0.717) is 5.69 Å². The SMILES string of the molecule is CSc1nc(=O)[nH]c(C)c1C(=O)NCC(=O)NCC(=O)O. The first-order chi connectivity index (χ1) is 9.85. The number of thioether (sulfide) groups is 1. The predicted molar refractivity (Wildman–Crippen MR) is 74.4 cm³/mol. The third kappa shape index (κ3) is 4.91. The van der Waals surface area contributed by atoms with Crippen molar-refractivity contribution in [2.24, 2.45) is 0 Å². The van der Waals surface area contributed by atoms with Crippen LogP contribution in [-0.4, -0.2) is 52.2 Å². The molecule has 0 spiro atoms. The normalized spacial score (nSPS) is 10.0. The van der Waals surface area contributed by atoms with E-state index in [1.807, 2.05) is 0 Å². The van der Waals surface area contributed by atoms with E-state index in [1.165, 1.54) is 0 Å². The zero-order valence-corrected chi connectivity index (χ0v) is 12.2. The summed E-state index contributed by atoms with van der Waals surface area (Å²) in [6.45, 7) is 0.644. The average molecular weight is 314 g/mol. The van der Waals surface area contributed by atoms with Crippen LogP contribution < -0.4 is 16.3 Å². The predicted octanol–water partition coefficient (Wildman–Crippen LogP) is -1.27. The van der Waals surface area contributed by atoms with E-state index in [4.69, 9.17) is 5.11 Å². The fraction of sp³-hybridized carbons (Fsp3) is 0.364. The van der Waals surface area contributed by atoms with Gasteiger partial charge in [0.2, 0.25) is 5.91 Å². The molecule has 114 valence electrons. The van der Waals surface area contributed by atoms with Gasteiger partial charge in [0.25, 0.3) is 5.91 Å². The Morgan fingerprint density at radius 3 is 2.52 bits per heavy atom. The van der Waals surface area contributed by atoms with Crippen LogP contribution in [0.5, 0.6) is 0 Å². The molecule has 0 bridgehead atoms. The molecule has 0 radical (unpaired) electrons. The van der Waals surface area contributed by atoms with E-state index in [1.54, 1.807) is 13.2 Å². The van der Waals surface area contributed by atoms with Crippen molar-refractivity contribution in [3.63, 3.8) is 0 Å². The van der Waals surface area contributed by atoms with Gasteiger partial charge in [0, 0.05) is 5.69 Å². The Kier molecular flexibility index (Phi) is 5.91. The Morgan fingerprint density at radius 2 is 1.95 bits per heavy atom. The number of aromatic amines is 1. The number of carbonyl (C=O) groups is 3. The van der Waals surface area contributed by atoms with Gasteiger partial charge in [0.15, 0.2) is 0 Å². The Balaban J connectivity index is 2.74. The first-order valence-electron chi connectivity index (χ1n) is 5.76. The number of hydrogen-bond donors (Lipinski definition) is 4. The fourth-order valence-corrected chi connectivity index (χ4v) is 2.08. The number of rotatable bonds is 6. The molecule has 0 aliphatic heterocycles. The monoisotopic (exact) mass is 314 g/mol. The molecular weight excluding hydrogens is 300 g/mol. The van der Waals surface area contributed by atoms with Crippen LogP contribution in [0.4, 0.5) is 0 Å². The van der Waals surface area contributed by atoms with E-state index in [2.05, 4.69) is 20.6 Å². The van der Waals surface area contributed by atoms with Crippen molar-refractivity contribution in [1.29, 1.82) is 0 Å². The molecular formula is C11H14N4O5S. The maximum Gasteiger partial charge on any atom is 0.346 e. The lowest BCUT2D eigenvalue weighted by molar-refractivity contribution is -0.137. The molecule has 9 nitrogen and oxygen atoms in total. The standard InChI is InChI=1S/C11H14N4O5S/c1-5-8(10(21-2)15-11(20)14-5)9(19)13-3-6(16)12-4-7(17)18/h3-4H2,1-2H3,(H,12,16)(H,13,19)(H,17,18)(H,14,15,20). The summed E-state index contributed by atoms with van der Waals surface area (Å²) in [7, 11) is 0. The van der Waals surface area contributed by atoms with Crippen LogP contribution in [0.15, 0.2) is 9.82 Å². The van der Waals surface area contributed by atoms with Crippen molar-refractivity contribution in [3.05, 3.63) is 21.7 Å². The van der Waals surface area contributed by atoms with Crippen molar-refractivity contribution < 1.29 is 19.5 Å². The molecule has 4 N–H and O–H groups in total. The van der Waals surface area contributed by atoms with Crippen molar-refractivity contribution in [2.75, 3.05) is 19.3 Å². The third-order valence-corrected chi connectivity index (χ3v) is 3.04. The number of aryl methyl sites for hydroxylation is 1. The fourth-order valence-electron chi connectivity index (χ4n) is 1.46. The maximum absolute atomic E-state index is 12.0. The molecule has 0 aliphatic carbocycles. The van der Waals surface area contributed by atoms with Gasteiger partial charge in [-0.25, -0.2) is 4.79 Å². The van der Waals surface area contributed by atoms with E-state index in [-0.39, 0.29) is 17.1 Å². The number of amides is 2. The molecule has 0 fully saturated rings. The highest BCUT2D eigenvalue weighted by atomic mass is 32.2. The van der Waals surface area contributed by atoms with Crippen LogP contribution in [0.25, 0.3) is 0 Å². The summed E-state index contributed by atoms with van der Waals surface area (Å²) >= 11 is 1.13. The second-order valence-electron chi connectivity index (χ2n) is 3.90. The summed E-state index contributed by atoms with van der Waals surface area (Å²) in [5.74, 6) is -2.39. The quantitative estimate of drug-likeness (QED) is 0.379. The zero-order valence-electron chi connectivity index (χ0n) is 11.3. The van der Waals surface area contributed by atoms with E-state index >= 15 is 0 Å². The Morgan fingerprint density at radius 1 is 1.29 bits per heavy atom. The number of nitrogens with zero attached hydrogens (tertiary/aromatic N) is 1. The van der Waals surface area contributed by atoms with Gasteiger partial charge in [-0.05, 0) is 13.2 Å². The van der Waals surface area contributed by atoms with Crippen molar-refractivity contribution >= 4 is 29.5 Å². The molecule has 10 heteroatoms. The maximum atomic E-state index is 12.0. The number of carboxylic acid groups (broad SMARTS) is 1. The van der Waals surface area contributed by atoms with Crippen LogP contribution in [0.1, 0.15) is 16.1 Å². The average Bonchev–Trinajstić information content (AvgIpc) is 2.41. The number of aromatic nitrogens is 2. The highest BCUT2D eigenvalue weighted by molar-refractivity contribution is 7.98. The van der Waals surface area contributed by atoms with Gasteiger partial charge >= 0.3 is 11.7 Å². The lowest BCUT2D eigenvalue weighted by Crippen LogP contribution is -2.39. The second kappa shape index (κ2) is 7.43. The highest BCUT2D eigenvalue weighted by Gasteiger charge is 2.17. The smallest absolute Gasteiger partial charge is 0.346 e. The Bertz CT molecular complexity index is 628. The number of hydrogen-bond acceptors (Lipinski definition) is 6. The molecule has 0 aromatic carbocycles. The Hall–Kier alpha value is -2.36. The number of carbonyl (C=O) groups excluding carboxylic acids is 2. The molecule has 0 unspecified atom stereocenters. The van der Waals surface area contributed by atoms with Gasteiger partial charge in [0.05, 0.1) is 12.1 Å². The van der Waals surface area contributed by atoms with Gasteiger partial charge in [0.1, 0.15) is 11.6 Å². The largest absolute Gasteiger partial charge is 0.480 e. The van der Waals surface area contributed by atoms with Crippen molar-refractivity contribution in [3.8, 4) is 0 Å². The van der Waals surface area contributed by atoms with Crippen molar-refractivity contribution in [2.45, 2.75) is 11.9 Å². The van der Waals surface area contributed by atoms with Crippen LogP contribution in [-0.2, 0) is 9.59 Å². The number of aliphatic carboxylic acids is 1. The summed E-state index contributed by atoms with van der Waals surface area (Å²) in [4.78, 5) is 50.9. The number of H-pyrrole nitrogens is 1. The molecule has 1 aromatic rings. The van der Waals surface area contributed by atoms with Gasteiger partial charge < -0.3 is 20.7 Å². The van der Waals surface area contributed by atoms with Gasteiger partial charge in [-0.2, -0.15) is 4.98 Å². The highest BCUT2D eigenvalue weighted by Crippen LogP contribution is 2.17. The van der Waals surface area contributed by atoms with E-state index in [0.717, 1.165) is 11.8 Å². The summed E-state index contributed by atoms with van der Waals surface area (Å²) < 4.78 is 0. The summed E-state index contributed by atoms with van der Waals surface area (Å²) in [5.41, 5.74) is -0.0523. The van der Waals surface area contributed by atoms with Crippen LogP contribution in [0, 0.1) is 6.92 Å². The van der Waals surface area contributed by atoms with Gasteiger partial charge in [-0.3, -0.25) is 14.4 Å². The number of nitrogens with one attached hydrogen (secondary N) is 3. The van der Waals surface area contributed by atoms with Crippen LogP contribution in [0.2, 0.25) is 0 Å². The lowest BCUT2D eigenvalue weighted by Gasteiger charge is -2.10. The Labute approximate surface area is 123 Å². The van der Waals surface area contributed by atoms with E-state index < -0.39 is 30.0 Å². The second-order valence-corrected chi connectivity index (χ2v) is 4.70. The summed E-state index contributed by atoms with van der Waals surface area (Å²) in [5, 5.41) is 13.1. The minimum absolute atomic E-state index is 0.174. The third-order valence-electron chi connectivity index (χ3n) is 2.35. The molecule has 0 saturated carbocycles. The zero-order chi connectivity index (χ0) is 16.0. The molecule has 0 atom stereocenters. The minimum Gasteiger partial charge on any atom is -0.480 e. The molecule has 0 aliphatic rings. The minimum atomic E-state index is -1.18. The molecule has 1 rings (SSSR count). The first-order valence-corrected chi connectivity index (χ1v) is 6.99. The number of carboxylic acids is 1. The lowest BCUT2D eigenvalue weighted by atomic mass is 10.2. The molecule has 2 amide bonds. The topological polar surface area (TPSA) is 141 Å². The molecule has 0 saturated heterocycles. The molecule has 1 aromatic heterocycles.